The minimum atomic E-state index is -0.326. The zero-order chi connectivity index (χ0) is 15.7. The second-order valence-corrected chi connectivity index (χ2v) is 6.93. The second kappa shape index (κ2) is 6.01. The van der Waals surface area contributed by atoms with Gasteiger partial charge in [0, 0.05) is 25.7 Å². The molecular weight excluding hydrogens is 317 g/mol. The van der Waals surface area contributed by atoms with Crippen LogP contribution in [-0.4, -0.2) is 46.5 Å². The summed E-state index contributed by atoms with van der Waals surface area (Å²) in [7, 11) is 0. The number of rotatable bonds is 3. The van der Waals surface area contributed by atoms with Crippen LogP contribution in [0.2, 0.25) is 0 Å². The van der Waals surface area contributed by atoms with Crippen LogP contribution < -0.4 is 10.2 Å². The van der Waals surface area contributed by atoms with Crippen molar-refractivity contribution in [3.63, 3.8) is 0 Å². The number of nitrogens with zero attached hydrogens (tertiary/aromatic N) is 4. The maximum absolute atomic E-state index is 13.7. The number of piperidine rings is 1. The predicted octanol–water partition coefficient (Wildman–Crippen LogP) is 2.31. The largest absolute Gasteiger partial charge is 0.371 e. The number of hydrogen-bond donors (Lipinski definition) is 1. The lowest BCUT2D eigenvalue weighted by molar-refractivity contribution is -0.00638. The quantitative estimate of drug-likeness (QED) is 0.929. The lowest BCUT2D eigenvalue weighted by atomic mass is 9.89. The Morgan fingerprint density at radius 1 is 1.48 bits per heavy atom. The molecule has 1 spiro atoms. The molecule has 2 aliphatic heterocycles. The molecule has 0 amide bonds. The Morgan fingerprint density at radius 2 is 2.43 bits per heavy atom. The molecule has 0 radical (unpaired) electrons. The monoisotopic (exact) mass is 335 g/mol. The van der Waals surface area contributed by atoms with Gasteiger partial charge in [0.05, 0.1) is 18.2 Å². The van der Waals surface area contributed by atoms with Gasteiger partial charge in [-0.15, -0.1) is 10.2 Å². The van der Waals surface area contributed by atoms with Crippen molar-refractivity contribution in [1.82, 2.24) is 15.2 Å². The molecule has 23 heavy (non-hydrogen) atoms. The first-order chi connectivity index (χ1) is 11.2. The minimum Gasteiger partial charge on any atom is -0.371 e. The molecule has 0 aromatic carbocycles. The van der Waals surface area contributed by atoms with E-state index in [0.29, 0.717) is 12.4 Å². The Hall–Kier alpha value is -1.80. The fraction of sp³-hybridized carbons (Fsp3) is 0.533. The van der Waals surface area contributed by atoms with E-state index in [1.54, 1.807) is 29.1 Å². The Balaban J connectivity index is 1.43. The summed E-state index contributed by atoms with van der Waals surface area (Å²) >= 11 is 1.55. The highest BCUT2D eigenvalue weighted by Gasteiger charge is 2.44. The van der Waals surface area contributed by atoms with Gasteiger partial charge in [-0.2, -0.15) is 0 Å². The lowest BCUT2D eigenvalue weighted by Crippen LogP contribution is -2.48. The molecule has 2 aromatic rings. The fourth-order valence-electron chi connectivity index (χ4n) is 3.47. The van der Waals surface area contributed by atoms with E-state index in [2.05, 4.69) is 25.4 Å². The van der Waals surface area contributed by atoms with Gasteiger partial charge < -0.3 is 15.0 Å². The molecule has 2 fully saturated rings. The van der Waals surface area contributed by atoms with E-state index in [0.717, 1.165) is 37.5 Å². The van der Waals surface area contributed by atoms with Gasteiger partial charge >= 0.3 is 0 Å². The Bertz CT molecular complexity index is 670. The Morgan fingerprint density at radius 3 is 3.26 bits per heavy atom. The first kappa shape index (κ1) is 14.8. The van der Waals surface area contributed by atoms with Gasteiger partial charge in [0.15, 0.2) is 11.6 Å². The third-order valence-electron chi connectivity index (χ3n) is 4.47. The summed E-state index contributed by atoms with van der Waals surface area (Å²) in [4.78, 5) is 6.30. The molecule has 0 aliphatic carbocycles. The van der Waals surface area contributed by atoms with Crippen molar-refractivity contribution in [2.75, 3.05) is 29.9 Å². The zero-order valence-corrected chi connectivity index (χ0v) is 13.4. The topological polar surface area (TPSA) is 63.2 Å². The van der Waals surface area contributed by atoms with Crippen LogP contribution in [0, 0.1) is 5.82 Å². The number of hydrogen-bond acceptors (Lipinski definition) is 7. The van der Waals surface area contributed by atoms with E-state index in [1.165, 1.54) is 6.07 Å². The van der Waals surface area contributed by atoms with E-state index >= 15 is 0 Å². The molecule has 1 N–H and O–H groups in total. The molecule has 4 heterocycles. The number of pyridine rings is 1. The van der Waals surface area contributed by atoms with E-state index in [1.807, 2.05) is 0 Å². The highest BCUT2D eigenvalue weighted by molar-refractivity contribution is 7.13. The van der Waals surface area contributed by atoms with E-state index in [-0.39, 0.29) is 17.5 Å². The van der Waals surface area contributed by atoms with E-state index in [9.17, 15) is 4.39 Å². The standard InChI is InChI=1S/C15H18FN5OS/c16-12-3-1-5-17-13(12)19-11-7-15(22-8-11)4-2-6-21(9-15)14-20-18-10-23-14/h1,3,5,10-11H,2,4,6-9H2,(H,17,19). The normalized spacial score (nSPS) is 27.5. The average molecular weight is 335 g/mol. The highest BCUT2D eigenvalue weighted by atomic mass is 32.1. The van der Waals surface area contributed by atoms with Crippen molar-refractivity contribution in [2.45, 2.75) is 30.9 Å². The summed E-state index contributed by atoms with van der Waals surface area (Å²) in [6.45, 7) is 2.36. The van der Waals surface area contributed by atoms with Crippen LogP contribution in [0.15, 0.2) is 23.8 Å². The van der Waals surface area contributed by atoms with Gasteiger partial charge in [-0.05, 0) is 25.0 Å². The average Bonchev–Trinajstić information content (AvgIpc) is 3.21. The van der Waals surface area contributed by atoms with Crippen molar-refractivity contribution in [3.05, 3.63) is 29.7 Å². The van der Waals surface area contributed by atoms with Gasteiger partial charge in [0.25, 0.3) is 0 Å². The molecule has 8 heteroatoms. The van der Waals surface area contributed by atoms with Crippen LogP contribution in [0.25, 0.3) is 0 Å². The number of halogens is 1. The highest BCUT2D eigenvalue weighted by Crippen LogP contribution is 2.37. The van der Waals surface area contributed by atoms with Crippen LogP contribution in [0.4, 0.5) is 15.3 Å². The van der Waals surface area contributed by atoms with Gasteiger partial charge in [-0.3, -0.25) is 0 Å². The molecule has 2 unspecified atom stereocenters. The van der Waals surface area contributed by atoms with Crippen molar-refractivity contribution in [3.8, 4) is 0 Å². The number of ether oxygens (including phenoxy) is 1. The van der Waals surface area contributed by atoms with Crippen LogP contribution in [0.5, 0.6) is 0 Å². The molecule has 2 aromatic heterocycles. The van der Waals surface area contributed by atoms with Crippen LogP contribution in [-0.2, 0) is 4.74 Å². The van der Waals surface area contributed by atoms with Crippen molar-refractivity contribution >= 4 is 22.3 Å². The maximum atomic E-state index is 13.7. The van der Waals surface area contributed by atoms with Gasteiger partial charge in [0.1, 0.15) is 5.51 Å². The summed E-state index contributed by atoms with van der Waals surface area (Å²) in [5.74, 6) is -0.0254. The summed E-state index contributed by atoms with van der Waals surface area (Å²) in [6.07, 6.45) is 4.52. The van der Waals surface area contributed by atoms with Crippen molar-refractivity contribution in [2.24, 2.45) is 0 Å². The second-order valence-electron chi connectivity index (χ2n) is 6.12. The third-order valence-corrected chi connectivity index (χ3v) is 5.22. The van der Waals surface area contributed by atoms with Crippen molar-refractivity contribution < 1.29 is 9.13 Å². The Labute approximate surface area is 137 Å². The van der Waals surface area contributed by atoms with Gasteiger partial charge in [-0.25, -0.2) is 9.37 Å². The fourth-order valence-corrected chi connectivity index (χ4v) is 4.06. The van der Waals surface area contributed by atoms with Gasteiger partial charge in [-0.1, -0.05) is 11.3 Å². The molecule has 2 saturated heterocycles. The van der Waals surface area contributed by atoms with Crippen LogP contribution >= 0.6 is 11.3 Å². The van der Waals surface area contributed by atoms with Crippen LogP contribution in [0.1, 0.15) is 19.3 Å². The first-order valence-corrected chi connectivity index (χ1v) is 8.64. The van der Waals surface area contributed by atoms with Crippen LogP contribution in [0.3, 0.4) is 0 Å². The third kappa shape index (κ3) is 3.00. The summed E-state index contributed by atoms with van der Waals surface area (Å²) < 4.78 is 19.9. The molecule has 0 saturated carbocycles. The molecular formula is C15H18FN5OS. The summed E-state index contributed by atoms with van der Waals surface area (Å²) in [6, 6.07) is 3.08. The SMILES string of the molecule is Fc1cccnc1NC1COC2(CCCN(c3nncs3)C2)C1. The molecule has 0 bridgehead atoms. The van der Waals surface area contributed by atoms with Crippen molar-refractivity contribution in [1.29, 1.82) is 0 Å². The molecule has 2 aliphatic rings. The number of aromatic nitrogens is 3. The summed E-state index contributed by atoms with van der Waals surface area (Å²) in [5, 5.41) is 12.2. The summed E-state index contributed by atoms with van der Waals surface area (Å²) in [5.41, 5.74) is 1.56. The number of anilines is 2. The van der Waals surface area contributed by atoms with E-state index < -0.39 is 0 Å². The minimum absolute atomic E-state index is 0.0776. The van der Waals surface area contributed by atoms with E-state index in [4.69, 9.17) is 4.74 Å². The number of nitrogens with one attached hydrogen (secondary N) is 1. The zero-order valence-electron chi connectivity index (χ0n) is 12.6. The maximum Gasteiger partial charge on any atom is 0.208 e. The lowest BCUT2D eigenvalue weighted by Gasteiger charge is -2.39. The molecule has 122 valence electrons. The smallest absolute Gasteiger partial charge is 0.208 e. The molecule has 2 atom stereocenters. The molecule has 4 rings (SSSR count). The van der Waals surface area contributed by atoms with Gasteiger partial charge in [0.2, 0.25) is 5.13 Å². The Kier molecular flexibility index (Phi) is 3.86. The molecule has 6 nitrogen and oxygen atoms in total. The first-order valence-electron chi connectivity index (χ1n) is 7.76. The predicted molar refractivity (Wildman–Crippen MR) is 86.3 cm³/mol.